The van der Waals surface area contributed by atoms with E-state index in [-0.39, 0.29) is 6.42 Å². The van der Waals surface area contributed by atoms with Crippen LogP contribution in [0.4, 0.5) is 0 Å². The van der Waals surface area contributed by atoms with Gasteiger partial charge in [0.1, 0.15) is 61.2 Å². The maximum absolute atomic E-state index is 10.9. The average Bonchev–Trinajstić information content (AvgIpc) is 2.94. The molecule has 0 bridgehead atoms. The number of ether oxygens (including phenoxy) is 5. The molecule has 0 aromatic carbocycles. The topological polar surface area (TPSA) is 330 Å². The van der Waals surface area contributed by atoms with Crippen molar-refractivity contribution in [2.45, 2.75) is 111 Å². The molecule has 3 heterocycles. The fourth-order valence-electron chi connectivity index (χ4n) is 4.91. The lowest BCUT2D eigenvalue weighted by Crippen LogP contribution is -2.70. The molecule has 19 heteroatoms. The van der Waals surface area contributed by atoms with Gasteiger partial charge in [-0.2, -0.15) is 0 Å². The standard InChI is InChI=1S/C22H41N3O16/c23-11-15(33)14(32)6(3-26)38-21(11)40-18-8(5-28)39-22(12(24)16(18)34)41-19-7(4-27)37-20(36)13(17(19)35)25-9(29)1-2-10(30)31/h6-9,11-22,25-29,32-36H,1-5,23-24H2,(H,30,31)/t6?,7?,8?,9?,11?,12?,13?,14-,15-,16-,17-,18-,19-,20-,21+,22+/m1/s1. The van der Waals surface area contributed by atoms with Gasteiger partial charge in [-0.15, -0.1) is 0 Å². The van der Waals surface area contributed by atoms with Crippen molar-refractivity contribution in [1.29, 1.82) is 0 Å². The highest BCUT2D eigenvalue weighted by atomic mass is 16.7. The van der Waals surface area contributed by atoms with E-state index in [4.69, 9.17) is 40.3 Å². The van der Waals surface area contributed by atoms with Gasteiger partial charge in [0.15, 0.2) is 18.9 Å². The van der Waals surface area contributed by atoms with Gasteiger partial charge in [-0.3, -0.25) is 10.1 Å². The van der Waals surface area contributed by atoms with Crippen molar-refractivity contribution in [3.63, 3.8) is 0 Å². The Balaban J connectivity index is 1.71. The Kier molecular flexibility index (Phi) is 12.5. The third-order valence-corrected chi connectivity index (χ3v) is 7.30. The number of aliphatic carboxylic acids is 1. The van der Waals surface area contributed by atoms with Crippen LogP contribution in [0.1, 0.15) is 12.8 Å². The summed E-state index contributed by atoms with van der Waals surface area (Å²) in [7, 11) is 0. The molecule has 240 valence electrons. The number of rotatable bonds is 12. The van der Waals surface area contributed by atoms with Crippen LogP contribution in [0.5, 0.6) is 0 Å². The van der Waals surface area contributed by atoms with Crippen LogP contribution < -0.4 is 16.8 Å². The third kappa shape index (κ3) is 7.85. The molecule has 0 radical (unpaired) electrons. The Morgan fingerprint density at radius 2 is 1.24 bits per heavy atom. The average molecular weight is 604 g/mol. The van der Waals surface area contributed by atoms with Crippen LogP contribution in [-0.2, 0) is 28.5 Å². The van der Waals surface area contributed by atoms with Gasteiger partial charge in [-0.1, -0.05) is 0 Å². The molecule has 0 spiro atoms. The van der Waals surface area contributed by atoms with Crippen LogP contribution >= 0.6 is 0 Å². The lowest BCUT2D eigenvalue weighted by molar-refractivity contribution is -0.349. The van der Waals surface area contributed by atoms with Crippen molar-refractivity contribution in [2.24, 2.45) is 11.5 Å². The van der Waals surface area contributed by atoms with Gasteiger partial charge in [-0.25, -0.2) is 0 Å². The molecule has 16 atom stereocenters. The number of aliphatic hydroxyl groups is 9. The summed E-state index contributed by atoms with van der Waals surface area (Å²) in [4.78, 5) is 10.8. The number of carboxylic acid groups (broad SMARTS) is 1. The Labute approximate surface area is 233 Å². The highest BCUT2D eigenvalue weighted by Gasteiger charge is 2.52. The Morgan fingerprint density at radius 3 is 1.78 bits per heavy atom. The molecule has 0 saturated carbocycles. The molecule has 19 nitrogen and oxygen atoms in total. The lowest BCUT2D eigenvalue weighted by Gasteiger charge is -2.49. The Morgan fingerprint density at radius 1 is 0.756 bits per heavy atom. The van der Waals surface area contributed by atoms with Crippen LogP contribution in [-0.4, -0.2) is 175 Å². The molecule has 0 aliphatic carbocycles. The number of aliphatic hydroxyl groups excluding tert-OH is 9. The van der Waals surface area contributed by atoms with Gasteiger partial charge < -0.3 is 86.2 Å². The van der Waals surface area contributed by atoms with Crippen LogP contribution in [0.2, 0.25) is 0 Å². The largest absolute Gasteiger partial charge is 0.481 e. The van der Waals surface area contributed by atoms with E-state index >= 15 is 0 Å². The number of hydrogen-bond donors (Lipinski definition) is 13. The van der Waals surface area contributed by atoms with E-state index in [9.17, 15) is 50.8 Å². The molecule has 3 saturated heterocycles. The maximum atomic E-state index is 10.9. The molecule has 0 aromatic heterocycles. The van der Waals surface area contributed by atoms with E-state index in [2.05, 4.69) is 5.32 Å². The third-order valence-electron chi connectivity index (χ3n) is 7.30. The van der Waals surface area contributed by atoms with E-state index < -0.39 is 130 Å². The second kappa shape index (κ2) is 15.0. The molecule has 7 unspecified atom stereocenters. The number of nitrogens with two attached hydrogens (primary N) is 2. The summed E-state index contributed by atoms with van der Waals surface area (Å²) in [5, 5.41) is 103. The van der Waals surface area contributed by atoms with Crippen LogP contribution in [0.15, 0.2) is 0 Å². The predicted octanol–water partition coefficient (Wildman–Crippen LogP) is -7.86. The minimum absolute atomic E-state index is 0.272. The van der Waals surface area contributed by atoms with Crippen molar-refractivity contribution in [3.05, 3.63) is 0 Å². The smallest absolute Gasteiger partial charge is 0.303 e. The summed E-state index contributed by atoms with van der Waals surface area (Å²) < 4.78 is 27.8. The van der Waals surface area contributed by atoms with E-state index in [1.165, 1.54) is 0 Å². The van der Waals surface area contributed by atoms with E-state index in [1.807, 2.05) is 0 Å². The lowest BCUT2D eigenvalue weighted by atomic mass is 9.94. The van der Waals surface area contributed by atoms with Crippen molar-refractivity contribution < 1.29 is 79.5 Å². The first-order valence-electron chi connectivity index (χ1n) is 13.0. The first-order chi connectivity index (χ1) is 19.3. The Bertz CT molecular complexity index is 828. The van der Waals surface area contributed by atoms with Gasteiger partial charge >= 0.3 is 5.97 Å². The second-order valence-electron chi connectivity index (χ2n) is 10.2. The maximum Gasteiger partial charge on any atom is 0.303 e. The summed E-state index contributed by atoms with van der Waals surface area (Å²) in [5.41, 5.74) is 12.0. The number of hydrogen-bond acceptors (Lipinski definition) is 18. The molecular weight excluding hydrogens is 562 g/mol. The van der Waals surface area contributed by atoms with E-state index in [1.54, 1.807) is 0 Å². The number of carbonyl (C=O) groups is 1. The fraction of sp³-hybridized carbons (Fsp3) is 0.955. The first kappa shape index (κ1) is 34.3. The minimum Gasteiger partial charge on any atom is -0.481 e. The zero-order chi connectivity index (χ0) is 30.6. The summed E-state index contributed by atoms with van der Waals surface area (Å²) in [5.74, 6) is -1.19. The first-order valence-corrected chi connectivity index (χ1v) is 13.0. The van der Waals surface area contributed by atoms with Crippen molar-refractivity contribution in [3.8, 4) is 0 Å². The van der Waals surface area contributed by atoms with Gasteiger partial charge in [0.25, 0.3) is 0 Å². The number of carboxylic acids is 1. The molecule has 3 aliphatic rings. The van der Waals surface area contributed by atoms with Crippen molar-refractivity contribution in [1.82, 2.24) is 5.32 Å². The molecular formula is C22H41N3O16. The zero-order valence-corrected chi connectivity index (χ0v) is 21.8. The molecule has 3 rings (SSSR count). The van der Waals surface area contributed by atoms with Crippen molar-refractivity contribution >= 4 is 5.97 Å². The van der Waals surface area contributed by atoms with Gasteiger partial charge in [0, 0.05) is 6.42 Å². The van der Waals surface area contributed by atoms with Crippen LogP contribution in [0.25, 0.3) is 0 Å². The highest BCUT2D eigenvalue weighted by molar-refractivity contribution is 5.66. The van der Waals surface area contributed by atoms with Gasteiger partial charge in [0.05, 0.1) is 37.9 Å². The highest BCUT2D eigenvalue weighted by Crippen LogP contribution is 2.31. The van der Waals surface area contributed by atoms with Crippen molar-refractivity contribution in [2.75, 3.05) is 19.8 Å². The number of nitrogens with one attached hydrogen (secondary N) is 1. The van der Waals surface area contributed by atoms with Gasteiger partial charge in [0.2, 0.25) is 0 Å². The summed E-state index contributed by atoms with van der Waals surface area (Å²) in [6.07, 6.45) is -20.2. The van der Waals surface area contributed by atoms with Gasteiger partial charge in [-0.05, 0) is 6.42 Å². The monoisotopic (exact) mass is 603 g/mol. The summed E-state index contributed by atoms with van der Waals surface area (Å²) in [6.45, 7) is -2.22. The predicted molar refractivity (Wildman–Crippen MR) is 129 cm³/mol. The fourth-order valence-corrected chi connectivity index (χ4v) is 4.91. The summed E-state index contributed by atoms with van der Waals surface area (Å²) in [6, 6.07) is -4.18. The SMILES string of the molecule is NC1[C@H](O[C@@H]2C(CO)O[C@@H](O[C@@H]3C(CO)O[C@@H](O)C(NC(O)CCC(=O)O)[C@H]3O)C(N)[C@H]2O)OC(CO)[C@@H](O)[C@@H]1O. The summed E-state index contributed by atoms with van der Waals surface area (Å²) >= 11 is 0. The second-order valence-corrected chi connectivity index (χ2v) is 10.2. The zero-order valence-electron chi connectivity index (χ0n) is 21.8. The van der Waals surface area contributed by atoms with E-state index in [0.29, 0.717) is 0 Å². The normalized spacial score (nSPS) is 46.3. The molecule has 3 fully saturated rings. The molecule has 0 amide bonds. The minimum atomic E-state index is -1.76. The molecule has 15 N–H and O–H groups in total. The van der Waals surface area contributed by atoms with Crippen LogP contribution in [0, 0.1) is 0 Å². The molecule has 41 heavy (non-hydrogen) atoms. The molecule has 3 aliphatic heterocycles. The van der Waals surface area contributed by atoms with E-state index in [0.717, 1.165) is 0 Å². The van der Waals surface area contributed by atoms with Crippen LogP contribution in [0.3, 0.4) is 0 Å². The Hall–Kier alpha value is -1.21. The quantitative estimate of drug-likeness (QED) is 0.0920. The molecule has 0 aromatic rings.